The molecule has 4 rings (SSSR count). The molecule has 166 valence electrons. The molecule has 1 aromatic carbocycles. The first-order valence-electron chi connectivity index (χ1n) is 10.6. The Kier molecular flexibility index (Phi) is 6.05. The number of aryl methyl sites for hydroxylation is 2. The minimum absolute atomic E-state index is 0.136. The molecule has 0 saturated heterocycles. The predicted molar refractivity (Wildman–Crippen MR) is 127 cm³/mol. The highest BCUT2D eigenvalue weighted by Gasteiger charge is 2.19. The molecule has 32 heavy (non-hydrogen) atoms. The van der Waals surface area contributed by atoms with Crippen molar-refractivity contribution in [3.63, 3.8) is 0 Å². The maximum Gasteiger partial charge on any atom is 0.179 e. The van der Waals surface area contributed by atoms with Gasteiger partial charge in [-0.2, -0.15) is 10.2 Å². The van der Waals surface area contributed by atoms with E-state index in [1.54, 1.807) is 6.20 Å². The number of ether oxygens (including phenoxy) is 1. The SMILES string of the molecule is Cc1nnc(N(C)C)c2nn(-c3cccc(OC(CN(C)C)c4cccnc4)c3)c(C)c12. The van der Waals surface area contributed by atoms with Crippen LogP contribution in [0.25, 0.3) is 16.6 Å². The Morgan fingerprint density at radius 3 is 2.53 bits per heavy atom. The second-order valence-electron chi connectivity index (χ2n) is 8.38. The highest BCUT2D eigenvalue weighted by Crippen LogP contribution is 2.30. The molecule has 0 aliphatic carbocycles. The van der Waals surface area contributed by atoms with Crippen molar-refractivity contribution >= 4 is 16.7 Å². The van der Waals surface area contributed by atoms with Gasteiger partial charge in [0.15, 0.2) is 5.82 Å². The van der Waals surface area contributed by atoms with E-state index in [0.29, 0.717) is 0 Å². The molecule has 0 spiro atoms. The van der Waals surface area contributed by atoms with Crippen molar-refractivity contribution in [3.05, 3.63) is 65.7 Å². The number of rotatable bonds is 7. The molecule has 0 N–H and O–H groups in total. The minimum atomic E-state index is -0.136. The first-order valence-corrected chi connectivity index (χ1v) is 10.6. The Morgan fingerprint density at radius 2 is 1.84 bits per heavy atom. The summed E-state index contributed by atoms with van der Waals surface area (Å²) in [6, 6.07) is 12.0. The molecule has 0 radical (unpaired) electrons. The maximum absolute atomic E-state index is 6.42. The lowest BCUT2D eigenvalue weighted by Gasteiger charge is -2.23. The molecule has 0 aliphatic rings. The lowest BCUT2D eigenvalue weighted by Crippen LogP contribution is -2.24. The second-order valence-corrected chi connectivity index (χ2v) is 8.38. The summed E-state index contributed by atoms with van der Waals surface area (Å²) < 4.78 is 8.35. The van der Waals surface area contributed by atoms with Crippen LogP contribution in [-0.4, -0.2) is 64.6 Å². The van der Waals surface area contributed by atoms with E-state index in [9.17, 15) is 0 Å². The molecule has 0 fully saturated rings. The topological polar surface area (TPSA) is 72.2 Å². The molecule has 0 amide bonds. The number of hydrogen-bond donors (Lipinski definition) is 0. The van der Waals surface area contributed by atoms with Crippen LogP contribution in [0.5, 0.6) is 5.75 Å². The Hall–Kier alpha value is -3.52. The van der Waals surface area contributed by atoms with Gasteiger partial charge >= 0.3 is 0 Å². The number of fused-ring (bicyclic) bond motifs is 1. The minimum Gasteiger partial charge on any atom is -0.484 e. The molecule has 3 heterocycles. The average Bonchev–Trinajstić information content (AvgIpc) is 3.12. The van der Waals surface area contributed by atoms with Gasteiger partial charge in [-0.15, -0.1) is 5.10 Å². The van der Waals surface area contributed by atoms with E-state index < -0.39 is 0 Å². The van der Waals surface area contributed by atoms with Gasteiger partial charge in [-0.05, 0) is 46.1 Å². The van der Waals surface area contributed by atoms with Gasteiger partial charge in [-0.3, -0.25) is 4.98 Å². The van der Waals surface area contributed by atoms with E-state index in [1.807, 2.05) is 87.3 Å². The zero-order valence-electron chi connectivity index (χ0n) is 19.4. The lowest BCUT2D eigenvalue weighted by molar-refractivity contribution is 0.162. The second kappa shape index (κ2) is 8.92. The van der Waals surface area contributed by atoms with Crippen LogP contribution in [0.4, 0.5) is 5.82 Å². The fourth-order valence-electron chi connectivity index (χ4n) is 3.83. The summed E-state index contributed by atoms with van der Waals surface area (Å²) in [6.45, 7) is 4.76. The Labute approximate surface area is 188 Å². The van der Waals surface area contributed by atoms with E-state index in [2.05, 4.69) is 27.0 Å². The van der Waals surface area contributed by atoms with Crippen LogP contribution in [0.15, 0.2) is 48.8 Å². The van der Waals surface area contributed by atoms with Gasteiger partial charge in [0.05, 0.1) is 22.5 Å². The molecular weight excluding hydrogens is 402 g/mol. The molecular formula is C24H29N7O. The summed E-state index contributed by atoms with van der Waals surface area (Å²) in [5, 5.41) is 14.6. The summed E-state index contributed by atoms with van der Waals surface area (Å²) in [5.74, 6) is 1.53. The van der Waals surface area contributed by atoms with Crippen LogP contribution in [0.1, 0.15) is 23.1 Å². The van der Waals surface area contributed by atoms with E-state index >= 15 is 0 Å². The predicted octanol–water partition coefficient (Wildman–Crippen LogP) is 3.58. The maximum atomic E-state index is 6.42. The van der Waals surface area contributed by atoms with Crippen molar-refractivity contribution in [2.24, 2.45) is 0 Å². The van der Waals surface area contributed by atoms with Crippen LogP contribution < -0.4 is 9.64 Å². The number of hydrogen-bond acceptors (Lipinski definition) is 7. The zero-order chi connectivity index (χ0) is 22.8. The molecule has 0 aliphatic heterocycles. The fraction of sp³-hybridized carbons (Fsp3) is 0.333. The van der Waals surface area contributed by atoms with Crippen molar-refractivity contribution in [2.75, 3.05) is 39.6 Å². The van der Waals surface area contributed by atoms with Crippen molar-refractivity contribution in [2.45, 2.75) is 20.0 Å². The number of pyridine rings is 1. The van der Waals surface area contributed by atoms with Gasteiger partial charge in [0.25, 0.3) is 0 Å². The van der Waals surface area contributed by atoms with Gasteiger partial charge in [0.2, 0.25) is 0 Å². The Morgan fingerprint density at radius 1 is 1.03 bits per heavy atom. The van der Waals surface area contributed by atoms with Gasteiger partial charge in [0.1, 0.15) is 17.4 Å². The molecule has 1 atom stereocenters. The van der Waals surface area contributed by atoms with E-state index in [1.165, 1.54) is 0 Å². The standard InChI is InChI=1S/C24H29N7O/c1-16-22-17(2)31(28-23(22)24(27-26-16)30(5)6)19-10-7-11-20(13-19)32-21(15-29(3)4)18-9-8-12-25-14-18/h7-14,21H,15H2,1-6H3. The summed E-state index contributed by atoms with van der Waals surface area (Å²) in [4.78, 5) is 8.30. The number of aromatic nitrogens is 5. The third kappa shape index (κ3) is 4.27. The first-order chi connectivity index (χ1) is 15.3. The molecule has 4 aromatic rings. The van der Waals surface area contributed by atoms with E-state index in [-0.39, 0.29) is 6.10 Å². The average molecular weight is 432 g/mol. The Balaban J connectivity index is 1.73. The van der Waals surface area contributed by atoms with Crippen LogP contribution in [0.3, 0.4) is 0 Å². The molecule has 3 aromatic heterocycles. The number of benzene rings is 1. The fourth-order valence-corrected chi connectivity index (χ4v) is 3.83. The van der Waals surface area contributed by atoms with Crippen molar-refractivity contribution in [1.29, 1.82) is 0 Å². The number of nitrogens with zero attached hydrogens (tertiary/aromatic N) is 7. The molecule has 0 bridgehead atoms. The van der Waals surface area contributed by atoms with Crippen LogP contribution in [0, 0.1) is 13.8 Å². The molecule has 8 heteroatoms. The molecule has 0 saturated carbocycles. The zero-order valence-corrected chi connectivity index (χ0v) is 19.4. The quantitative estimate of drug-likeness (QED) is 0.443. The van der Waals surface area contributed by atoms with Crippen LogP contribution in [-0.2, 0) is 0 Å². The van der Waals surface area contributed by atoms with Gasteiger partial charge < -0.3 is 14.5 Å². The van der Waals surface area contributed by atoms with Crippen molar-refractivity contribution in [1.82, 2.24) is 29.9 Å². The smallest absolute Gasteiger partial charge is 0.179 e. The largest absolute Gasteiger partial charge is 0.484 e. The number of likely N-dealkylation sites (N-methyl/N-ethyl adjacent to an activating group) is 1. The van der Waals surface area contributed by atoms with Gasteiger partial charge in [-0.1, -0.05) is 12.1 Å². The Bertz CT molecular complexity index is 1220. The summed E-state index contributed by atoms with van der Waals surface area (Å²) in [6.07, 6.45) is 3.49. The first kappa shape index (κ1) is 21.7. The third-order valence-electron chi connectivity index (χ3n) is 5.34. The monoisotopic (exact) mass is 431 g/mol. The molecule has 1 unspecified atom stereocenters. The van der Waals surface area contributed by atoms with E-state index in [4.69, 9.17) is 9.84 Å². The normalized spacial score (nSPS) is 12.3. The van der Waals surface area contributed by atoms with Crippen molar-refractivity contribution < 1.29 is 4.74 Å². The summed E-state index contributed by atoms with van der Waals surface area (Å²) >= 11 is 0. The third-order valence-corrected chi connectivity index (χ3v) is 5.34. The highest BCUT2D eigenvalue weighted by molar-refractivity contribution is 5.92. The summed E-state index contributed by atoms with van der Waals surface area (Å²) in [7, 11) is 7.97. The lowest BCUT2D eigenvalue weighted by atomic mass is 10.1. The molecule has 8 nitrogen and oxygen atoms in total. The van der Waals surface area contributed by atoms with Gasteiger partial charge in [0, 0.05) is 44.7 Å². The summed E-state index contributed by atoms with van der Waals surface area (Å²) in [5.41, 5.74) is 4.69. The van der Waals surface area contributed by atoms with E-state index in [0.717, 1.165) is 51.7 Å². The van der Waals surface area contributed by atoms with Gasteiger partial charge in [-0.25, -0.2) is 4.68 Å². The van der Waals surface area contributed by atoms with Crippen LogP contribution >= 0.6 is 0 Å². The van der Waals surface area contributed by atoms with Crippen LogP contribution in [0.2, 0.25) is 0 Å². The van der Waals surface area contributed by atoms with Crippen molar-refractivity contribution in [3.8, 4) is 11.4 Å². The highest BCUT2D eigenvalue weighted by atomic mass is 16.5. The number of anilines is 1.